The summed E-state index contributed by atoms with van der Waals surface area (Å²) in [6.45, 7) is 1.59. The molecule has 0 bridgehead atoms. The van der Waals surface area contributed by atoms with E-state index in [-0.39, 0.29) is 17.9 Å². The summed E-state index contributed by atoms with van der Waals surface area (Å²) in [5.41, 5.74) is 1.65. The highest BCUT2D eigenvalue weighted by Crippen LogP contribution is 2.25. The molecule has 0 saturated heterocycles. The van der Waals surface area contributed by atoms with Crippen molar-refractivity contribution in [2.24, 2.45) is 0 Å². The van der Waals surface area contributed by atoms with Crippen LogP contribution in [0.4, 0.5) is 5.69 Å². The molecule has 1 N–H and O–H groups in total. The molecule has 2 rings (SSSR count). The van der Waals surface area contributed by atoms with E-state index in [1.807, 2.05) is 13.0 Å². The second-order valence-corrected chi connectivity index (χ2v) is 5.80. The van der Waals surface area contributed by atoms with Crippen LogP contribution < -0.4 is 10.1 Å². The van der Waals surface area contributed by atoms with Crippen molar-refractivity contribution in [3.05, 3.63) is 57.6 Å². The predicted octanol–water partition coefficient (Wildman–Crippen LogP) is 4.11. The van der Waals surface area contributed by atoms with Gasteiger partial charge in [0.15, 0.2) is 6.61 Å². The van der Waals surface area contributed by atoms with Crippen LogP contribution in [0.3, 0.4) is 0 Å². The third kappa shape index (κ3) is 4.63. The van der Waals surface area contributed by atoms with Crippen LogP contribution >= 0.6 is 23.2 Å². The van der Waals surface area contributed by atoms with Gasteiger partial charge in [0.2, 0.25) is 0 Å². The minimum absolute atomic E-state index is 0.166. The fourth-order valence-corrected chi connectivity index (χ4v) is 2.39. The molecule has 24 heavy (non-hydrogen) atoms. The Balaban J connectivity index is 2.06. The molecule has 0 heterocycles. The number of anilines is 1. The number of benzene rings is 2. The van der Waals surface area contributed by atoms with E-state index in [1.54, 1.807) is 12.1 Å². The van der Waals surface area contributed by atoms with Crippen LogP contribution in [0.2, 0.25) is 10.0 Å². The number of carbonyl (C=O) groups excluding carboxylic acids is 2. The van der Waals surface area contributed by atoms with Crippen molar-refractivity contribution in [2.45, 2.75) is 6.92 Å². The maximum Gasteiger partial charge on any atom is 0.341 e. The van der Waals surface area contributed by atoms with Gasteiger partial charge in [0.05, 0.1) is 17.8 Å². The van der Waals surface area contributed by atoms with E-state index in [2.05, 4.69) is 10.1 Å². The lowest BCUT2D eigenvalue weighted by Gasteiger charge is -2.12. The third-order valence-corrected chi connectivity index (χ3v) is 3.65. The van der Waals surface area contributed by atoms with Crippen molar-refractivity contribution < 1.29 is 19.1 Å². The Morgan fingerprint density at radius 2 is 1.88 bits per heavy atom. The minimum atomic E-state index is -0.580. The van der Waals surface area contributed by atoms with Gasteiger partial charge in [-0.05, 0) is 42.8 Å². The summed E-state index contributed by atoms with van der Waals surface area (Å²) in [5.74, 6) is -0.834. The first-order valence-electron chi connectivity index (χ1n) is 6.97. The zero-order valence-corrected chi connectivity index (χ0v) is 14.6. The molecule has 2 aromatic carbocycles. The Morgan fingerprint density at radius 3 is 2.54 bits per heavy atom. The summed E-state index contributed by atoms with van der Waals surface area (Å²) in [7, 11) is 1.26. The van der Waals surface area contributed by atoms with Gasteiger partial charge in [-0.1, -0.05) is 29.3 Å². The Labute approximate surface area is 149 Å². The fourth-order valence-electron chi connectivity index (χ4n) is 1.95. The van der Waals surface area contributed by atoms with Crippen LogP contribution in [0.1, 0.15) is 15.9 Å². The van der Waals surface area contributed by atoms with Crippen LogP contribution in [0, 0.1) is 6.92 Å². The molecule has 5 nitrogen and oxygen atoms in total. The number of hydrogen-bond acceptors (Lipinski definition) is 4. The molecule has 0 fully saturated rings. The molecule has 0 spiro atoms. The first-order valence-corrected chi connectivity index (χ1v) is 7.73. The van der Waals surface area contributed by atoms with Crippen molar-refractivity contribution in [3.63, 3.8) is 0 Å². The van der Waals surface area contributed by atoms with Crippen LogP contribution in [0.15, 0.2) is 36.4 Å². The Morgan fingerprint density at radius 1 is 1.12 bits per heavy atom. The Hall–Kier alpha value is -2.24. The highest BCUT2D eigenvalue weighted by atomic mass is 35.5. The smallest absolute Gasteiger partial charge is 0.341 e. The lowest BCUT2D eigenvalue weighted by Crippen LogP contribution is -2.21. The number of ether oxygens (including phenoxy) is 2. The third-order valence-electron chi connectivity index (χ3n) is 3.11. The molecule has 0 radical (unpaired) electrons. The van der Waals surface area contributed by atoms with Crippen LogP contribution in [-0.4, -0.2) is 25.6 Å². The molecule has 7 heteroatoms. The van der Waals surface area contributed by atoms with Gasteiger partial charge in [-0.2, -0.15) is 0 Å². The molecule has 2 aromatic rings. The first-order chi connectivity index (χ1) is 11.4. The molecular formula is C17H15Cl2NO4. The second-order valence-electron chi connectivity index (χ2n) is 4.95. The van der Waals surface area contributed by atoms with E-state index in [4.69, 9.17) is 27.9 Å². The van der Waals surface area contributed by atoms with Crippen molar-refractivity contribution in [1.29, 1.82) is 0 Å². The van der Waals surface area contributed by atoms with Crippen LogP contribution in [0.5, 0.6) is 5.75 Å². The summed E-state index contributed by atoms with van der Waals surface area (Å²) >= 11 is 12.0. The van der Waals surface area contributed by atoms with E-state index in [1.165, 1.54) is 25.3 Å². The molecule has 0 aliphatic heterocycles. The van der Waals surface area contributed by atoms with Crippen molar-refractivity contribution in [1.82, 2.24) is 0 Å². The number of aryl methyl sites for hydroxylation is 1. The molecule has 0 saturated carbocycles. The van der Waals surface area contributed by atoms with Gasteiger partial charge < -0.3 is 14.8 Å². The zero-order valence-electron chi connectivity index (χ0n) is 13.1. The zero-order chi connectivity index (χ0) is 17.7. The van der Waals surface area contributed by atoms with Crippen LogP contribution in [0.25, 0.3) is 0 Å². The second kappa shape index (κ2) is 8.04. The molecule has 0 aromatic heterocycles. The monoisotopic (exact) mass is 367 g/mol. The molecule has 126 valence electrons. The topological polar surface area (TPSA) is 64.6 Å². The first kappa shape index (κ1) is 18.1. The highest BCUT2D eigenvalue weighted by Gasteiger charge is 2.15. The lowest BCUT2D eigenvalue weighted by atomic mass is 10.2. The van der Waals surface area contributed by atoms with Crippen molar-refractivity contribution >= 4 is 40.8 Å². The highest BCUT2D eigenvalue weighted by molar-refractivity contribution is 6.33. The van der Waals surface area contributed by atoms with E-state index >= 15 is 0 Å². The maximum absolute atomic E-state index is 12.0. The van der Waals surface area contributed by atoms with Gasteiger partial charge in [-0.25, -0.2) is 4.79 Å². The Kier molecular flexibility index (Phi) is 6.06. The quantitative estimate of drug-likeness (QED) is 0.807. The summed E-state index contributed by atoms with van der Waals surface area (Å²) < 4.78 is 10.1. The van der Waals surface area contributed by atoms with Gasteiger partial charge >= 0.3 is 5.97 Å². The number of amides is 1. The minimum Gasteiger partial charge on any atom is -0.483 e. The average Bonchev–Trinajstić information content (AvgIpc) is 2.55. The van der Waals surface area contributed by atoms with Gasteiger partial charge in [-0.15, -0.1) is 0 Å². The standard InChI is InChI=1S/C17H15Cl2NO4/c1-10-3-6-14(13(19)7-10)20-16(21)9-24-15-8-11(18)4-5-12(15)17(22)23-2/h3-8H,9H2,1-2H3,(H,20,21). The molecule has 0 aliphatic rings. The van der Waals surface area contributed by atoms with Crippen molar-refractivity contribution in [3.8, 4) is 5.75 Å². The summed E-state index contributed by atoms with van der Waals surface area (Å²) in [4.78, 5) is 23.7. The van der Waals surface area contributed by atoms with Gasteiger partial charge in [0, 0.05) is 5.02 Å². The number of nitrogens with one attached hydrogen (secondary N) is 1. The predicted molar refractivity (Wildman–Crippen MR) is 93.1 cm³/mol. The Bertz CT molecular complexity index is 777. The molecule has 1 amide bonds. The molecular weight excluding hydrogens is 353 g/mol. The van der Waals surface area contributed by atoms with E-state index in [9.17, 15) is 9.59 Å². The van der Waals surface area contributed by atoms with E-state index in [0.717, 1.165) is 5.56 Å². The number of halogens is 2. The number of carbonyl (C=O) groups is 2. The molecule has 0 atom stereocenters. The van der Waals surface area contributed by atoms with Crippen LogP contribution in [-0.2, 0) is 9.53 Å². The SMILES string of the molecule is COC(=O)c1ccc(Cl)cc1OCC(=O)Nc1ccc(C)cc1Cl. The average molecular weight is 368 g/mol. The molecule has 0 unspecified atom stereocenters. The number of hydrogen-bond donors (Lipinski definition) is 1. The van der Waals surface area contributed by atoms with E-state index in [0.29, 0.717) is 15.7 Å². The maximum atomic E-state index is 12.0. The number of esters is 1. The lowest BCUT2D eigenvalue weighted by molar-refractivity contribution is -0.118. The summed E-state index contributed by atoms with van der Waals surface area (Å²) in [5, 5.41) is 3.45. The number of methoxy groups -OCH3 is 1. The van der Waals surface area contributed by atoms with Gasteiger partial charge in [-0.3, -0.25) is 4.79 Å². The van der Waals surface area contributed by atoms with Crippen molar-refractivity contribution in [2.75, 3.05) is 19.0 Å². The largest absolute Gasteiger partial charge is 0.483 e. The summed E-state index contributed by atoms with van der Waals surface area (Å²) in [6, 6.07) is 9.72. The van der Waals surface area contributed by atoms with Gasteiger partial charge in [0.1, 0.15) is 11.3 Å². The normalized spacial score (nSPS) is 10.2. The number of rotatable bonds is 5. The van der Waals surface area contributed by atoms with E-state index < -0.39 is 11.9 Å². The molecule has 0 aliphatic carbocycles. The fraction of sp³-hybridized carbons (Fsp3) is 0.176. The summed E-state index contributed by atoms with van der Waals surface area (Å²) in [6.07, 6.45) is 0. The van der Waals surface area contributed by atoms with Gasteiger partial charge in [0.25, 0.3) is 5.91 Å².